The molecule has 3 heteroatoms. The molecule has 1 fully saturated rings. The lowest BCUT2D eigenvalue weighted by Crippen LogP contribution is -2.39. The fraction of sp³-hybridized carbons (Fsp3) is 1.00. The van der Waals surface area contributed by atoms with Gasteiger partial charge in [-0.15, -0.1) is 0 Å². The molecule has 9 heavy (non-hydrogen) atoms. The van der Waals surface area contributed by atoms with E-state index in [1.165, 1.54) is 0 Å². The van der Waals surface area contributed by atoms with Crippen molar-refractivity contribution in [3.05, 3.63) is 0 Å². The maximum Gasteiger partial charge on any atom is 0.103 e. The van der Waals surface area contributed by atoms with Crippen LogP contribution in [0.3, 0.4) is 0 Å². The monoisotopic (exact) mass is 132 g/mol. The van der Waals surface area contributed by atoms with E-state index in [1.807, 2.05) is 6.92 Å². The molecule has 3 nitrogen and oxygen atoms in total. The summed E-state index contributed by atoms with van der Waals surface area (Å²) in [4.78, 5) is 0. The summed E-state index contributed by atoms with van der Waals surface area (Å²) in [5, 5.41) is 17.9. The second kappa shape index (κ2) is 2.64. The molecule has 1 heterocycles. The Kier molecular flexibility index (Phi) is 2.05. The summed E-state index contributed by atoms with van der Waals surface area (Å²) >= 11 is 0. The molecule has 0 amide bonds. The van der Waals surface area contributed by atoms with Crippen LogP contribution in [0, 0.1) is 0 Å². The third-order valence-corrected chi connectivity index (χ3v) is 1.57. The van der Waals surface area contributed by atoms with Crippen molar-refractivity contribution in [1.82, 2.24) is 0 Å². The Balaban J connectivity index is 2.35. The highest BCUT2D eigenvalue weighted by Crippen LogP contribution is 2.12. The van der Waals surface area contributed by atoms with E-state index in [1.54, 1.807) is 0 Å². The van der Waals surface area contributed by atoms with Crippen molar-refractivity contribution in [3.8, 4) is 0 Å². The predicted molar refractivity (Wildman–Crippen MR) is 32.0 cm³/mol. The van der Waals surface area contributed by atoms with Crippen molar-refractivity contribution in [2.75, 3.05) is 6.61 Å². The van der Waals surface area contributed by atoms with Crippen LogP contribution in [0.1, 0.15) is 13.3 Å². The largest absolute Gasteiger partial charge is 0.390 e. The highest BCUT2D eigenvalue weighted by Gasteiger charge is 2.25. The second-order valence-electron chi connectivity index (χ2n) is 2.51. The molecule has 0 aromatic heterocycles. The molecule has 0 aromatic carbocycles. The van der Waals surface area contributed by atoms with Crippen LogP contribution < -0.4 is 0 Å². The summed E-state index contributed by atoms with van der Waals surface area (Å²) in [5.41, 5.74) is 0. The molecule has 0 aromatic rings. The SMILES string of the molecule is C[C@@H]1C[C@@H](O)[C@@H](O)CO1. The number of ether oxygens (including phenoxy) is 1. The van der Waals surface area contributed by atoms with Crippen molar-refractivity contribution in [1.29, 1.82) is 0 Å². The highest BCUT2D eigenvalue weighted by molar-refractivity contribution is 4.74. The number of hydrogen-bond donors (Lipinski definition) is 2. The summed E-state index contributed by atoms with van der Waals surface area (Å²) in [6.07, 6.45) is -0.639. The molecule has 1 aliphatic heterocycles. The van der Waals surface area contributed by atoms with Crippen LogP contribution in [0.25, 0.3) is 0 Å². The number of aliphatic hydroxyl groups excluding tert-OH is 2. The fourth-order valence-corrected chi connectivity index (χ4v) is 0.939. The maximum atomic E-state index is 9.02. The van der Waals surface area contributed by atoms with E-state index in [2.05, 4.69) is 0 Å². The van der Waals surface area contributed by atoms with Gasteiger partial charge in [0.1, 0.15) is 6.10 Å². The smallest absolute Gasteiger partial charge is 0.103 e. The van der Waals surface area contributed by atoms with Crippen molar-refractivity contribution in [3.63, 3.8) is 0 Å². The van der Waals surface area contributed by atoms with Gasteiger partial charge in [0.25, 0.3) is 0 Å². The Morgan fingerprint density at radius 3 is 2.44 bits per heavy atom. The summed E-state index contributed by atoms with van der Waals surface area (Å²) in [6, 6.07) is 0. The lowest BCUT2D eigenvalue weighted by atomic mass is 10.1. The minimum atomic E-state index is -0.679. The van der Waals surface area contributed by atoms with Crippen LogP contribution in [-0.4, -0.2) is 35.1 Å². The van der Waals surface area contributed by atoms with Gasteiger partial charge in [0.2, 0.25) is 0 Å². The van der Waals surface area contributed by atoms with Gasteiger partial charge in [-0.05, 0) is 6.92 Å². The molecule has 0 saturated carbocycles. The molecule has 0 radical (unpaired) electrons. The molecule has 2 N–H and O–H groups in total. The second-order valence-corrected chi connectivity index (χ2v) is 2.51. The normalized spacial score (nSPS) is 45.0. The van der Waals surface area contributed by atoms with Gasteiger partial charge in [0.15, 0.2) is 0 Å². The maximum absolute atomic E-state index is 9.02. The zero-order chi connectivity index (χ0) is 6.85. The van der Waals surface area contributed by atoms with Crippen LogP contribution in [0.2, 0.25) is 0 Å². The number of aliphatic hydroxyl groups is 2. The average Bonchev–Trinajstić information content (AvgIpc) is 1.80. The summed E-state index contributed by atoms with van der Waals surface area (Å²) < 4.78 is 5.05. The number of hydrogen-bond acceptors (Lipinski definition) is 3. The standard InChI is InChI=1S/C6H12O3/c1-4-2-5(7)6(8)3-9-4/h4-8H,2-3H2,1H3/t4-,5-,6+/m1/s1. The summed E-state index contributed by atoms with van der Waals surface area (Å²) in [7, 11) is 0. The lowest BCUT2D eigenvalue weighted by Gasteiger charge is -2.27. The van der Waals surface area contributed by atoms with Gasteiger partial charge >= 0.3 is 0 Å². The van der Waals surface area contributed by atoms with E-state index in [0.29, 0.717) is 6.42 Å². The Bertz CT molecular complexity index is 94.3. The molecule has 1 rings (SSSR count). The molecule has 3 atom stereocenters. The van der Waals surface area contributed by atoms with Gasteiger partial charge in [-0.25, -0.2) is 0 Å². The van der Waals surface area contributed by atoms with Crippen molar-refractivity contribution in [2.45, 2.75) is 31.7 Å². The van der Waals surface area contributed by atoms with E-state index >= 15 is 0 Å². The first kappa shape index (κ1) is 6.99. The predicted octanol–water partition coefficient (Wildman–Crippen LogP) is -0.483. The van der Waals surface area contributed by atoms with E-state index < -0.39 is 12.2 Å². The Labute approximate surface area is 54.3 Å². The van der Waals surface area contributed by atoms with Crippen molar-refractivity contribution >= 4 is 0 Å². The van der Waals surface area contributed by atoms with Crippen LogP contribution in [0.5, 0.6) is 0 Å². The van der Waals surface area contributed by atoms with Crippen LogP contribution in [0.4, 0.5) is 0 Å². The zero-order valence-electron chi connectivity index (χ0n) is 5.45. The first-order valence-corrected chi connectivity index (χ1v) is 3.18. The Morgan fingerprint density at radius 1 is 1.33 bits per heavy atom. The molecular weight excluding hydrogens is 120 g/mol. The highest BCUT2D eigenvalue weighted by atomic mass is 16.5. The molecule has 0 bridgehead atoms. The van der Waals surface area contributed by atoms with E-state index in [-0.39, 0.29) is 12.7 Å². The Hall–Kier alpha value is -0.120. The number of rotatable bonds is 0. The minimum Gasteiger partial charge on any atom is -0.390 e. The average molecular weight is 132 g/mol. The fourth-order valence-electron chi connectivity index (χ4n) is 0.939. The molecule has 0 unspecified atom stereocenters. The third kappa shape index (κ3) is 1.64. The van der Waals surface area contributed by atoms with Gasteiger partial charge in [0.05, 0.1) is 18.8 Å². The van der Waals surface area contributed by atoms with Gasteiger partial charge in [-0.2, -0.15) is 0 Å². The van der Waals surface area contributed by atoms with Gasteiger partial charge in [-0.3, -0.25) is 0 Å². The molecular formula is C6H12O3. The quantitative estimate of drug-likeness (QED) is 0.468. The topological polar surface area (TPSA) is 49.7 Å². The van der Waals surface area contributed by atoms with E-state index in [9.17, 15) is 0 Å². The van der Waals surface area contributed by atoms with Crippen molar-refractivity contribution in [2.24, 2.45) is 0 Å². The van der Waals surface area contributed by atoms with E-state index in [4.69, 9.17) is 14.9 Å². The first-order valence-electron chi connectivity index (χ1n) is 3.18. The van der Waals surface area contributed by atoms with Crippen LogP contribution in [0.15, 0.2) is 0 Å². The van der Waals surface area contributed by atoms with Crippen LogP contribution >= 0.6 is 0 Å². The van der Waals surface area contributed by atoms with Gasteiger partial charge in [-0.1, -0.05) is 0 Å². The summed E-state index contributed by atoms with van der Waals surface area (Å²) in [6.45, 7) is 2.15. The van der Waals surface area contributed by atoms with Crippen molar-refractivity contribution < 1.29 is 14.9 Å². The molecule has 1 saturated heterocycles. The third-order valence-electron chi connectivity index (χ3n) is 1.57. The van der Waals surface area contributed by atoms with Gasteiger partial charge < -0.3 is 14.9 Å². The van der Waals surface area contributed by atoms with Crippen LogP contribution in [-0.2, 0) is 4.74 Å². The molecule has 54 valence electrons. The first-order chi connectivity index (χ1) is 4.20. The zero-order valence-corrected chi connectivity index (χ0v) is 5.45. The lowest BCUT2D eigenvalue weighted by molar-refractivity contribution is -0.115. The summed E-state index contributed by atoms with van der Waals surface area (Å²) in [5.74, 6) is 0. The minimum absolute atomic E-state index is 0.0865. The molecule has 1 aliphatic rings. The molecule has 0 spiro atoms. The van der Waals surface area contributed by atoms with Gasteiger partial charge in [0, 0.05) is 6.42 Å². The molecule has 0 aliphatic carbocycles. The van der Waals surface area contributed by atoms with E-state index in [0.717, 1.165) is 0 Å². The Morgan fingerprint density at radius 2 is 2.00 bits per heavy atom.